The van der Waals surface area contributed by atoms with Gasteiger partial charge >= 0.3 is 0 Å². The van der Waals surface area contributed by atoms with Crippen LogP contribution in [0, 0.1) is 12.7 Å². The maximum absolute atomic E-state index is 13.4. The van der Waals surface area contributed by atoms with Crippen LogP contribution in [-0.2, 0) is 0 Å². The first-order valence-corrected chi connectivity index (χ1v) is 8.06. The van der Waals surface area contributed by atoms with Crippen molar-refractivity contribution >= 4 is 31.9 Å². The lowest BCUT2D eigenvalue weighted by Crippen LogP contribution is -2.22. The molecule has 1 unspecified atom stereocenters. The maximum atomic E-state index is 13.4. The molecule has 0 aliphatic carbocycles. The third-order valence-corrected chi connectivity index (χ3v) is 4.38. The van der Waals surface area contributed by atoms with Gasteiger partial charge in [-0.1, -0.05) is 57.0 Å². The predicted octanol–water partition coefficient (Wildman–Crippen LogP) is 5.36. The minimum absolute atomic E-state index is 0.0433. The van der Waals surface area contributed by atoms with Gasteiger partial charge in [0.05, 0.1) is 6.04 Å². The molecule has 1 nitrogen and oxygen atoms in total. The highest BCUT2D eigenvalue weighted by atomic mass is 79.9. The Morgan fingerprint density at radius 3 is 2.50 bits per heavy atom. The molecule has 1 atom stereocenters. The van der Waals surface area contributed by atoms with Gasteiger partial charge in [0.1, 0.15) is 5.82 Å². The first-order chi connectivity index (χ1) is 9.52. The molecule has 0 aromatic heterocycles. The van der Waals surface area contributed by atoms with Crippen molar-refractivity contribution in [2.24, 2.45) is 0 Å². The molecule has 20 heavy (non-hydrogen) atoms. The fourth-order valence-corrected chi connectivity index (χ4v) is 3.47. The molecule has 0 saturated carbocycles. The van der Waals surface area contributed by atoms with E-state index in [0.29, 0.717) is 5.56 Å². The minimum Gasteiger partial charge on any atom is -0.306 e. The van der Waals surface area contributed by atoms with Crippen molar-refractivity contribution in [3.05, 3.63) is 67.9 Å². The molecule has 0 fully saturated rings. The van der Waals surface area contributed by atoms with Crippen molar-refractivity contribution in [1.29, 1.82) is 0 Å². The van der Waals surface area contributed by atoms with Crippen LogP contribution in [0.3, 0.4) is 0 Å². The highest BCUT2D eigenvalue weighted by Gasteiger charge is 2.16. The zero-order valence-electron chi connectivity index (χ0n) is 11.4. The summed E-state index contributed by atoms with van der Waals surface area (Å²) in [6.45, 7) is 4.69. The number of benzene rings is 2. The molecule has 0 saturated heterocycles. The highest BCUT2D eigenvalue weighted by molar-refractivity contribution is 9.11. The second-order valence-corrected chi connectivity index (χ2v) is 6.44. The van der Waals surface area contributed by atoms with Gasteiger partial charge in [-0.05, 0) is 48.4 Å². The Kier molecular flexibility index (Phi) is 5.35. The summed E-state index contributed by atoms with van der Waals surface area (Å²) >= 11 is 7.07. The predicted molar refractivity (Wildman–Crippen MR) is 88.5 cm³/mol. The van der Waals surface area contributed by atoms with Gasteiger partial charge in [-0.3, -0.25) is 0 Å². The normalized spacial score (nSPS) is 12.4. The summed E-state index contributed by atoms with van der Waals surface area (Å²) in [6.07, 6.45) is 0. The fourth-order valence-electron chi connectivity index (χ4n) is 2.19. The molecule has 0 aliphatic heterocycles. The SMILES string of the molecule is CCNC(c1ccc(F)c(C)c1)c1ccc(Br)cc1Br. The Balaban J connectivity index is 2.47. The first-order valence-electron chi connectivity index (χ1n) is 6.47. The van der Waals surface area contributed by atoms with Crippen LogP contribution in [-0.4, -0.2) is 6.54 Å². The Hall–Kier alpha value is -0.710. The summed E-state index contributed by atoms with van der Waals surface area (Å²) in [6, 6.07) is 11.4. The van der Waals surface area contributed by atoms with Gasteiger partial charge in [-0.2, -0.15) is 0 Å². The molecule has 0 radical (unpaired) electrons. The molecule has 106 valence electrons. The van der Waals surface area contributed by atoms with E-state index < -0.39 is 0 Å². The maximum Gasteiger partial charge on any atom is 0.126 e. The largest absolute Gasteiger partial charge is 0.306 e. The molecule has 0 bridgehead atoms. The van der Waals surface area contributed by atoms with Gasteiger partial charge in [0.15, 0.2) is 0 Å². The third kappa shape index (κ3) is 3.48. The van der Waals surface area contributed by atoms with Crippen molar-refractivity contribution in [2.75, 3.05) is 6.54 Å². The molecule has 2 rings (SSSR count). The van der Waals surface area contributed by atoms with Gasteiger partial charge in [0.25, 0.3) is 0 Å². The van der Waals surface area contributed by atoms with E-state index in [9.17, 15) is 4.39 Å². The molecule has 0 spiro atoms. The zero-order valence-corrected chi connectivity index (χ0v) is 14.6. The van der Waals surface area contributed by atoms with Crippen molar-refractivity contribution in [1.82, 2.24) is 5.32 Å². The Morgan fingerprint density at radius 1 is 1.15 bits per heavy atom. The highest BCUT2D eigenvalue weighted by Crippen LogP contribution is 2.31. The van der Waals surface area contributed by atoms with E-state index in [0.717, 1.165) is 26.6 Å². The van der Waals surface area contributed by atoms with E-state index in [1.165, 1.54) is 6.07 Å². The topological polar surface area (TPSA) is 12.0 Å². The standard InChI is InChI=1S/C16H16Br2FN/c1-3-20-16(11-4-7-15(19)10(2)8-11)13-6-5-12(17)9-14(13)18/h4-9,16,20H,3H2,1-2H3. The second-order valence-electron chi connectivity index (χ2n) is 4.67. The monoisotopic (exact) mass is 399 g/mol. The van der Waals surface area contributed by atoms with Crippen molar-refractivity contribution < 1.29 is 4.39 Å². The number of hydrogen-bond acceptors (Lipinski definition) is 1. The number of nitrogens with one attached hydrogen (secondary N) is 1. The number of aryl methyl sites for hydroxylation is 1. The number of hydrogen-bond donors (Lipinski definition) is 1. The lowest BCUT2D eigenvalue weighted by Gasteiger charge is -2.21. The van der Waals surface area contributed by atoms with Crippen LogP contribution >= 0.6 is 31.9 Å². The lowest BCUT2D eigenvalue weighted by atomic mass is 9.97. The van der Waals surface area contributed by atoms with Crippen LogP contribution in [0.2, 0.25) is 0 Å². The quantitative estimate of drug-likeness (QED) is 0.728. The van der Waals surface area contributed by atoms with E-state index in [1.807, 2.05) is 24.3 Å². The van der Waals surface area contributed by atoms with Crippen LogP contribution in [0.1, 0.15) is 29.7 Å². The summed E-state index contributed by atoms with van der Waals surface area (Å²) in [5, 5.41) is 3.45. The van der Waals surface area contributed by atoms with E-state index in [1.54, 1.807) is 6.92 Å². The van der Waals surface area contributed by atoms with Crippen LogP contribution in [0.5, 0.6) is 0 Å². The van der Waals surface area contributed by atoms with Crippen molar-refractivity contribution in [2.45, 2.75) is 19.9 Å². The Bertz CT molecular complexity index is 613. The van der Waals surface area contributed by atoms with E-state index >= 15 is 0 Å². The van der Waals surface area contributed by atoms with Gasteiger partial charge < -0.3 is 5.32 Å². The van der Waals surface area contributed by atoms with E-state index in [2.05, 4.69) is 50.2 Å². The average Bonchev–Trinajstić information content (AvgIpc) is 2.40. The second kappa shape index (κ2) is 6.83. The smallest absolute Gasteiger partial charge is 0.126 e. The third-order valence-electron chi connectivity index (χ3n) is 3.20. The molecule has 0 heterocycles. The molecule has 2 aromatic carbocycles. The van der Waals surface area contributed by atoms with E-state index in [4.69, 9.17) is 0 Å². The Morgan fingerprint density at radius 2 is 1.90 bits per heavy atom. The van der Waals surface area contributed by atoms with Crippen LogP contribution in [0.4, 0.5) is 4.39 Å². The van der Waals surface area contributed by atoms with Crippen LogP contribution in [0.25, 0.3) is 0 Å². The average molecular weight is 401 g/mol. The Labute approximate surface area is 135 Å². The van der Waals surface area contributed by atoms with Crippen LogP contribution in [0.15, 0.2) is 45.3 Å². The summed E-state index contributed by atoms with van der Waals surface area (Å²) in [5.41, 5.74) is 2.87. The molecule has 4 heteroatoms. The number of rotatable bonds is 4. The van der Waals surface area contributed by atoms with Gasteiger partial charge in [0.2, 0.25) is 0 Å². The number of halogens is 3. The summed E-state index contributed by atoms with van der Waals surface area (Å²) < 4.78 is 15.5. The molecule has 0 amide bonds. The summed E-state index contributed by atoms with van der Waals surface area (Å²) in [5.74, 6) is -0.168. The minimum atomic E-state index is -0.168. The summed E-state index contributed by atoms with van der Waals surface area (Å²) in [4.78, 5) is 0. The van der Waals surface area contributed by atoms with Crippen molar-refractivity contribution in [3.8, 4) is 0 Å². The van der Waals surface area contributed by atoms with Gasteiger partial charge in [0, 0.05) is 8.95 Å². The fraction of sp³-hybridized carbons (Fsp3) is 0.250. The van der Waals surface area contributed by atoms with Gasteiger partial charge in [-0.15, -0.1) is 0 Å². The summed E-state index contributed by atoms with van der Waals surface area (Å²) in [7, 11) is 0. The zero-order chi connectivity index (χ0) is 14.7. The molecular weight excluding hydrogens is 385 g/mol. The molecular formula is C16H16Br2FN. The lowest BCUT2D eigenvalue weighted by molar-refractivity contribution is 0.605. The van der Waals surface area contributed by atoms with Crippen molar-refractivity contribution in [3.63, 3.8) is 0 Å². The molecule has 0 aliphatic rings. The molecule has 2 aromatic rings. The van der Waals surface area contributed by atoms with Crippen LogP contribution < -0.4 is 5.32 Å². The first kappa shape index (κ1) is 15.7. The molecule has 1 N–H and O–H groups in total. The van der Waals surface area contributed by atoms with Gasteiger partial charge in [-0.25, -0.2) is 4.39 Å². The van der Waals surface area contributed by atoms with E-state index in [-0.39, 0.29) is 11.9 Å².